The summed E-state index contributed by atoms with van der Waals surface area (Å²) in [6.45, 7) is 9.85. The van der Waals surface area contributed by atoms with Gasteiger partial charge in [-0.05, 0) is 6.92 Å². The van der Waals surface area contributed by atoms with Gasteiger partial charge in [0, 0.05) is 18.5 Å². The normalized spacial score (nSPS) is 11.0. The molecule has 0 saturated heterocycles. The van der Waals surface area contributed by atoms with E-state index in [9.17, 15) is 4.79 Å². The summed E-state index contributed by atoms with van der Waals surface area (Å²) in [6.07, 6.45) is 5.16. The number of nitrogens with one attached hydrogen (secondary N) is 3. The van der Waals surface area contributed by atoms with Gasteiger partial charge in [-0.3, -0.25) is 9.79 Å². The largest absolute Gasteiger partial charge is 0.357 e. The monoisotopic (exact) mass is 380 g/mol. The van der Waals surface area contributed by atoms with Crippen LogP contribution < -0.4 is 16.0 Å². The number of hydrogen-bond donors (Lipinski definition) is 3. The standard InChI is InChI=1S/C13H24N4O.HI/c1-6-8-16-12(14-7-2)17-10-9-15-11(18)13(3,4)5;/h1H,7-10H2,2-5H3,(H,15,18)(H2,14,16,17);1H. The molecule has 6 heteroatoms. The van der Waals surface area contributed by atoms with E-state index in [0.717, 1.165) is 6.54 Å². The number of aliphatic imine (C=N–C) groups is 1. The van der Waals surface area contributed by atoms with Crippen molar-refractivity contribution in [2.45, 2.75) is 27.7 Å². The summed E-state index contributed by atoms with van der Waals surface area (Å²) in [5.74, 6) is 3.18. The van der Waals surface area contributed by atoms with Crippen LogP contribution in [0.1, 0.15) is 27.7 Å². The Hall–Kier alpha value is -0.970. The highest BCUT2D eigenvalue weighted by Crippen LogP contribution is 2.11. The molecule has 0 atom stereocenters. The zero-order valence-electron chi connectivity index (χ0n) is 12.2. The van der Waals surface area contributed by atoms with Crippen LogP contribution >= 0.6 is 24.0 Å². The summed E-state index contributed by atoms with van der Waals surface area (Å²) in [5, 5.41) is 8.88. The Bertz CT molecular complexity index is 329. The van der Waals surface area contributed by atoms with Crippen LogP contribution in [0, 0.1) is 17.8 Å². The van der Waals surface area contributed by atoms with Gasteiger partial charge in [-0.1, -0.05) is 26.7 Å². The van der Waals surface area contributed by atoms with E-state index >= 15 is 0 Å². The second-order valence-electron chi connectivity index (χ2n) is 4.82. The number of amides is 1. The molecule has 0 aromatic heterocycles. The Balaban J connectivity index is 0. The van der Waals surface area contributed by atoms with Crippen LogP contribution in [0.15, 0.2) is 4.99 Å². The van der Waals surface area contributed by atoms with Crippen molar-refractivity contribution in [1.29, 1.82) is 0 Å². The van der Waals surface area contributed by atoms with E-state index in [-0.39, 0.29) is 35.3 Å². The predicted molar refractivity (Wildman–Crippen MR) is 90.7 cm³/mol. The molecule has 0 spiro atoms. The molecular formula is C13H25IN4O. The number of halogens is 1. The van der Waals surface area contributed by atoms with Crippen LogP contribution in [0.2, 0.25) is 0 Å². The lowest BCUT2D eigenvalue weighted by molar-refractivity contribution is -0.128. The highest BCUT2D eigenvalue weighted by Gasteiger charge is 2.19. The Morgan fingerprint density at radius 1 is 1.26 bits per heavy atom. The third-order valence-electron chi connectivity index (χ3n) is 2.05. The maximum Gasteiger partial charge on any atom is 0.225 e. The second kappa shape index (κ2) is 10.9. The van der Waals surface area contributed by atoms with E-state index in [4.69, 9.17) is 6.42 Å². The molecule has 19 heavy (non-hydrogen) atoms. The van der Waals surface area contributed by atoms with Gasteiger partial charge in [-0.15, -0.1) is 30.4 Å². The van der Waals surface area contributed by atoms with Gasteiger partial charge in [-0.2, -0.15) is 0 Å². The molecule has 0 rings (SSSR count). The van der Waals surface area contributed by atoms with Gasteiger partial charge < -0.3 is 16.0 Å². The number of hydrogen-bond acceptors (Lipinski definition) is 2. The second-order valence-corrected chi connectivity index (χ2v) is 4.82. The lowest BCUT2D eigenvalue weighted by Gasteiger charge is -2.17. The molecule has 0 fully saturated rings. The van der Waals surface area contributed by atoms with Gasteiger partial charge in [0.2, 0.25) is 5.91 Å². The van der Waals surface area contributed by atoms with Gasteiger partial charge in [0.15, 0.2) is 5.96 Å². The SMILES string of the molecule is C#CCNC(=NCCNC(=O)C(C)(C)C)NCC.I. The van der Waals surface area contributed by atoms with Crippen LogP contribution in [-0.4, -0.2) is 38.0 Å². The third kappa shape index (κ3) is 10.6. The van der Waals surface area contributed by atoms with Gasteiger partial charge in [0.05, 0.1) is 13.1 Å². The number of carbonyl (C=O) groups excluding carboxylic acids is 1. The van der Waals surface area contributed by atoms with Crippen molar-refractivity contribution >= 4 is 35.8 Å². The summed E-state index contributed by atoms with van der Waals surface area (Å²) in [4.78, 5) is 15.9. The molecule has 0 heterocycles. The van der Waals surface area contributed by atoms with Crippen molar-refractivity contribution in [2.24, 2.45) is 10.4 Å². The number of nitrogens with zero attached hydrogens (tertiary/aromatic N) is 1. The maximum absolute atomic E-state index is 11.6. The maximum atomic E-state index is 11.6. The molecular weight excluding hydrogens is 355 g/mol. The first kappa shape index (κ1) is 20.3. The van der Waals surface area contributed by atoms with Crippen LogP contribution in [0.4, 0.5) is 0 Å². The molecule has 0 saturated carbocycles. The summed E-state index contributed by atoms with van der Waals surface area (Å²) in [6, 6.07) is 0. The summed E-state index contributed by atoms with van der Waals surface area (Å²) >= 11 is 0. The van der Waals surface area contributed by atoms with Crippen LogP contribution in [-0.2, 0) is 4.79 Å². The first-order valence-corrected chi connectivity index (χ1v) is 6.15. The quantitative estimate of drug-likeness (QED) is 0.219. The molecule has 0 unspecified atom stereocenters. The fourth-order valence-corrected chi connectivity index (χ4v) is 1.08. The van der Waals surface area contributed by atoms with Crippen molar-refractivity contribution < 1.29 is 4.79 Å². The molecule has 0 aliphatic rings. The third-order valence-corrected chi connectivity index (χ3v) is 2.05. The van der Waals surface area contributed by atoms with Crippen molar-refractivity contribution in [1.82, 2.24) is 16.0 Å². The molecule has 5 nitrogen and oxygen atoms in total. The molecule has 110 valence electrons. The van der Waals surface area contributed by atoms with Crippen LogP contribution in [0.25, 0.3) is 0 Å². The van der Waals surface area contributed by atoms with E-state index in [1.165, 1.54) is 0 Å². The minimum Gasteiger partial charge on any atom is -0.357 e. The minimum absolute atomic E-state index is 0. The van der Waals surface area contributed by atoms with Gasteiger partial charge in [0.25, 0.3) is 0 Å². The lowest BCUT2D eigenvalue weighted by Crippen LogP contribution is -2.39. The molecule has 3 N–H and O–H groups in total. The zero-order chi connectivity index (χ0) is 14.0. The summed E-state index contributed by atoms with van der Waals surface area (Å²) in [7, 11) is 0. The zero-order valence-corrected chi connectivity index (χ0v) is 14.5. The Labute approximate surface area is 133 Å². The molecule has 0 aromatic carbocycles. The van der Waals surface area contributed by atoms with E-state index in [2.05, 4.69) is 26.9 Å². The van der Waals surface area contributed by atoms with Crippen molar-refractivity contribution in [3.05, 3.63) is 0 Å². The predicted octanol–water partition coefficient (Wildman–Crippen LogP) is 0.955. The van der Waals surface area contributed by atoms with Crippen molar-refractivity contribution in [3.8, 4) is 12.3 Å². The summed E-state index contributed by atoms with van der Waals surface area (Å²) in [5.41, 5.74) is -0.365. The van der Waals surface area contributed by atoms with E-state index in [1.54, 1.807) is 0 Å². The number of rotatable bonds is 5. The Kier molecular flexibility index (Phi) is 11.7. The molecule has 0 bridgehead atoms. The smallest absolute Gasteiger partial charge is 0.225 e. The first-order valence-electron chi connectivity index (χ1n) is 6.15. The highest BCUT2D eigenvalue weighted by molar-refractivity contribution is 14.0. The van der Waals surface area contributed by atoms with E-state index < -0.39 is 0 Å². The molecule has 0 aromatic rings. The van der Waals surface area contributed by atoms with Crippen molar-refractivity contribution in [2.75, 3.05) is 26.2 Å². The average molecular weight is 380 g/mol. The Morgan fingerprint density at radius 2 is 1.89 bits per heavy atom. The molecule has 0 aliphatic heterocycles. The molecule has 0 aliphatic carbocycles. The van der Waals surface area contributed by atoms with Crippen molar-refractivity contribution in [3.63, 3.8) is 0 Å². The fourth-order valence-electron chi connectivity index (χ4n) is 1.08. The summed E-state index contributed by atoms with van der Waals surface area (Å²) < 4.78 is 0. The van der Waals surface area contributed by atoms with Crippen LogP contribution in [0.3, 0.4) is 0 Å². The Morgan fingerprint density at radius 3 is 2.37 bits per heavy atom. The minimum atomic E-state index is -0.365. The van der Waals surface area contributed by atoms with Gasteiger partial charge >= 0.3 is 0 Å². The number of guanidine groups is 1. The topological polar surface area (TPSA) is 65.5 Å². The number of carbonyl (C=O) groups is 1. The highest BCUT2D eigenvalue weighted by atomic mass is 127. The van der Waals surface area contributed by atoms with Gasteiger partial charge in [0.1, 0.15) is 0 Å². The molecule has 0 radical (unpaired) electrons. The van der Waals surface area contributed by atoms with E-state index in [1.807, 2.05) is 27.7 Å². The van der Waals surface area contributed by atoms with E-state index in [0.29, 0.717) is 25.6 Å². The molecule has 1 amide bonds. The number of terminal acetylenes is 1. The average Bonchev–Trinajstić information content (AvgIpc) is 2.29. The lowest BCUT2D eigenvalue weighted by atomic mass is 9.96. The van der Waals surface area contributed by atoms with Crippen LogP contribution in [0.5, 0.6) is 0 Å². The first-order chi connectivity index (χ1) is 8.41. The van der Waals surface area contributed by atoms with Gasteiger partial charge in [-0.25, -0.2) is 0 Å². The fraction of sp³-hybridized carbons (Fsp3) is 0.692.